The van der Waals surface area contributed by atoms with E-state index in [9.17, 15) is 4.39 Å². The van der Waals surface area contributed by atoms with Crippen LogP contribution in [0.5, 0.6) is 0 Å². The van der Waals surface area contributed by atoms with Gasteiger partial charge < -0.3 is 4.84 Å². The molecular formula is C3H4FNO. The zero-order valence-electron chi connectivity index (χ0n) is 3.07. The largest absolute Gasteiger partial charge is 0.413 e. The molecule has 6 heavy (non-hydrogen) atoms. The van der Waals surface area contributed by atoms with Crippen LogP contribution in [0.1, 0.15) is 0 Å². The second kappa shape index (κ2) is 1.26. The van der Waals surface area contributed by atoms with Gasteiger partial charge in [0.2, 0.25) is 0 Å². The lowest BCUT2D eigenvalue weighted by Crippen LogP contribution is -2.03. The third-order valence-corrected chi connectivity index (χ3v) is 0.511. The number of nitrogens with one attached hydrogen (secondary N) is 1. The second-order valence-corrected chi connectivity index (χ2v) is 1.00. The highest BCUT2D eigenvalue weighted by Crippen LogP contribution is 1.97. The van der Waals surface area contributed by atoms with Crippen LogP contribution in [0.25, 0.3) is 0 Å². The highest BCUT2D eigenvalue weighted by molar-refractivity contribution is 4.90. The molecule has 0 fully saturated rings. The lowest BCUT2D eigenvalue weighted by Gasteiger charge is -1.82. The van der Waals surface area contributed by atoms with Gasteiger partial charge in [-0.2, -0.15) is 5.48 Å². The van der Waals surface area contributed by atoms with E-state index in [4.69, 9.17) is 0 Å². The summed E-state index contributed by atoms with van der Waals surface area (Å²) in [6.45, 7) is 0.208. The Kier molecular flexibility index (Phi) is 0.759. The summed E-state index contributed by atoms with van der Waals surface area (Å²) in [6.07, 6.45) is 1.04. The lowest BCUT2D eigenvalue weighted by atomic mass is 10.6. The Morgan fingerprint density at radius 1 is 2.00 bits per heavy atom. The second-order valence-electron chi connectivity index (χ2n) is 1.00. The monoisotopic (exact) mass is 89.0 g/mol. The van der Waals surface area contributed by atoms with Crippen molar-refractivity contribution in [3.05, 3.63) is 12.1 Å². The van der Waals surface area contributed by atoms with Crippen LogP contribution in [0.15, 0.2) is 12.1 Å². The topological polar surface area (TPSA) is 21.3 Å². The molecule has 0 spiro atoms. The van der Waals surface area contributed by atoms with E-state index in [1.54, 1.807) is 0 Å². The van der Waals surface area contributed by atoms with Crippen molar-refractivity contribution in [1.29, 1.82) is 0 Å². The van der Waals surface area contributed by atoms with Crippen molar-refractivity contribution in [3.8, 4) is 0 Å². The minimum Gasteiger partial charge on any atom is -0.413 e. The minimum absolute atomic E-state index is 0.208. The SMILES string of the molecule is FC1=CONC1. The van der Waals surface area contributed by atoms with Gasteiger partial charge in [0.15, 0.2) is 5.83 Å². The van der Waals surface area contributed by atoms with Crippen LogP contribution in [0.4, 0.5) is 4.39 Å². The van der Waals surface area contributed by atoms with Crippen LogP contribution in [0.2, 0.25) is 0 Å². The Morgan fingerprint density at radius 2 is 2.83 bits per heavy atom. The Labute approximate surface area is 34.6 Å². The van der Waals surface area contributed by atoms with Crippen molar-refractivity contribution in [2.45, 2.75) is 0 Å². The van der Waals surface area contributed by atoms with Gasteiger partial charge in [0, 0.05) is 0 Å². The molecule has 2 nitrogen and oxygen atoms in total. The van der Waals surface area contributed by atoms with Gasteiger partial charge in [0.25, 0.3) is 0 Å². The molecular weight excluding hydrogens is 85.0 g/mol. The van der Waals surface area contributed by atoms with Crippen LogP contribution in [-0.2, 0) is 4.84 Å². The summed E-state index contributed by atoms with van der Waals surface area (Å²) in [5.74, 6) is -0.255. The minimum atomic E-state index is -0.255. The van der Waals surface area contributed by atoms with E-state index in [1.165, 1.54) is 0 Å². The quantitative estimate of drug-likeness (QED) is 0.461. The van der Waals surface area contributed by atoms with Gasteiger partial charge in [-0.25, -0.2) is 4.39 Å². The summed E-state index contributed by atoms with van der Waals surface area (Å²) in [7, 11) is 0. The molecule has 0 saturated carbocycles. The third kappa shape index (κ3) is 0.490. The molecule has 0 bridgehead atoms. The average Bonchev–Trinajstić information content (AvgIpc) is 1.86. The summed E-state index contributed by atoms with van der Waals surface area (Å²) in [4.78, 5) is 4.27. The summed E-state index contributed by atoms with van der Waals surface area (Å²) < 4.78 is 11.6. The summed E-state index contributed by atoms with van der Waals surface area (Å²) >= 11 is 0. The molecule has 0 aromatic heterocycles. The molecule has 1 aliphatic rings. The molecule has 1 N–H and O–H groups in total. The van der Waals surface area contributed by atoms with Gasteiger partial charge in [-0.05, 0) is 0 Å². The van der Waals surface area contributed by atoms with E-state index in [0.29, 0.717) is 0 Å². The van der Waals surface area contributed by atoms with Crippen molar-refractivity contribution in [2.75, 3.05) is 6.54 Å². The fraction of sp³-hybridized carbons (Fsp3) is 0.333. The molecule has 0 saturated heterocycles. The molecule has 0 radical (unpaired) electrons. The lowest BCUT2D eigenvalue weighted by molar-refractivity contribution is 0.168. The highest BCUT2D eigenvalue weighted by Gasteiger charge is 1.99. The number of halogens is 1. The van der Waals surface area contributed by atoms with Crippen LogP contribution in [0.3, 0.4) is 0 Å². The first-order valence-corrected chi connectivity index (χ1v) is 1.62. The number of rotatable bonds is 0. The van der Waals surface area contributed by atoms with E-state index < -0.39 is 0 Å². The van der Waals surface area contributed by atoms with Gasteiger partial charge in [-0.3, -0.25) is 0 Å². The molecule has 0 amide bonds. The maximum atomic E-state index is 11.6. The Morgan fingerprint density at radius 3 is 3.00 bits per heavy atom. The van der Waals surface area contributed by atoms with Gasteiger partial charge in [-0.1, -0.05) is 0 Å². The highest BCUT2D eigenvalue weighted by atomic mass is 19.1. The molecule has 1 aliphatic heterocycles. The molecule has 0 atom stereocenters. The number of hydrogen-bond acceptors (Lipinski definition) is 2. The Hall–Kier alpha value is -0.570. The first-order valence-electron chi connectivity index (χ1n) is 1.62. The summed E-state index contributed by atoms with van der Waals surface area (Å²) in [5.41, 5.74) is 2.30. The summed E-state index contributed by atoms with van der Waals surface area (Å²) in [6, 6.07) is 0. The Bertz CT molecular complexity index is 80.9. The average molecular weight is 89.1 g/mol. The van der Waals surface area contributed by atoms with Crippen LogP contribution < -0.4 is 5.48 Å². The van der Waals surface area contributed by atoms with Crippen molar-refractivity contribution >= 4 is 0 Å². The fourth-order valence-corrected chi connectivity index (χ4v) is 0.258. The van der Waals surface area contributed by atoms with Crippen molar-refractivity contribution in [1.82, 2.24) is 5.48 Å². The first kappa shape index (κ1) is 3.61. The molecule has 0 aromatic carbocycles. The van der Waals surface area contributed by atoms with Crippen LogP contribution in [-0.4, -0.2) is 6.54 Å². The molecule has 0 aromatic rings. The van der Waals surface area contributed by atoms with Gasteiger partial charge in [-0.15, -0.1) is 0 Å². The van der Waals surface area contributed by atoms with Crippen molar-refractivity contribution < 1.29 is 9.23 Å². The molecule has 1 rings (SSSR count). The first-order chi connectivity index (χ1) is 2.89. The summed E-state index contributed by atoms with van der Waals surface area (Å²) in [5, 5.41) is 0. The van der Waals surface area contributed by atoms with Crippen LogP contribution in [0, 0.1) is 0 Å². The van der Waals surface area contributed by atoms with E-state index in [-0.39, 0.29) is 12.4 Å². The van der Waals surface area contributed by atoms with E-state index >= 15 is 0 Å². The Balaban J connectivity index is 2.45. The van der Waals surface area contributed by atoms with Crippen molar-refractivity contribution in [2.24, 2.45) is 0 Å². The van der Waals surface area contributed by atoms with E-state index in [0.717, 1.165) is 6.26 Å². The van der Waals surface area contributed by atoms with Gasteiger partial charge >= 0.3 is 0 Å². The molecule has 34 valence electrons. The zero-order valence-corrected chi connectivity index (χ0v) is 3.07. The fourth-order valence-electron chi connectivity index (χ4n) is 0.258. The van der Waals surface area contributed by atoms with E-state index in [2.05, 4.69) is 10.3 Å². The standard InChI is InChI=1S/C3H4FNO/c4-3-1-5-6-2-3/h2,5H,1H2. The molecule has 1 heterocycles. The van der Waals surface area contributed by atoms with Gasteiger partial charge in [0.1, 0.15) is 6.26 Å². The predicted octanol–water partition coefficient (Wildman–Crippen LogP) is 0.332. The third-order valence-electron chi connectivity index (χ3n) is 0.511. The normalized spacial score (nSPS) is 19.8. The smallest absolute Gasteiger partial charge is 0.154 e. The van der Waals surface area contributed by atoms with Gasteiger partial charge in [0.05, 0.1) is 6.54 Å². The maximum Gasteiger partial charge on any atom is 0.154 e. The molecule has 0 unspecified atom stereocenters. The van der Waals surface area contributed by atoms with Crippen LogP contribution >= 0.6 is 0 Å². The maximum absolute atomic E-state index is 11.6. The number of hydroxylamine groups is 1. The van der Waals surface area contributed by atoms with E-state index in [1.807, 2.05) is 0 Å². The zero-order chi connectivity index (χ0) is 4.41. The molecule has 3 heteroatoms. The predicted molar refractivity (Wildman–Crippen MR) is 18.3 cm³/mol. The number of hydrogen-bond donors (Lipinski definition) is 1. The molecule has 0 aliphatic carbocycles. The van der Waals surface area contributed by atoms with Crippen molar-refractivity contribution in [3.63, 3.8) is 0 Å².